The lowest BCUT2D eigenvalue weighted by molar-refractivity contribution is 0.486. The molecule has 0 unspecified atom stereocenters. The first-order valence-corrected chi connectivity index (χ1v) is 6.64. The van der Waals surface area contributed by atoms with Crippen LogP contribution in [0.1, 0.15) is 5.56 Å². The summed E-state index contributed by atoms with van der Waals surface area (Å²) in [6, 6.07) is 8.70. The Bertz CT molecular complexity index is 594. The number of hydrogen-bond donors (Lipinski definition) is 0. The summed E-state index contributed by atoms with van der Waals surface area (Å²) in [5.74, 6) is 0. The van der Waals surface area contributed by atoms with E-state index in [1.54, 1.807) is 30.3 Å². The minimum Gasteiger partial charge on any atom is -0.207 e. The Morgan fingerprint density at radius 3 is 2.47 bits per heavy atom. The van der Waals surface area contributed by atoms with Gasteiger partial charge in [0.25, 0.3) is 0 Å². The molecule has 0 spiro atoms. The third kappa shape index (κ3) is 2.23. The minimum absolute atomic E-state index is 0.173. The fourth-order valence-electron chi connectivity index (χ4n) is 1.65. The van der Waals surface area contributed by atoms with Crippen LogP contribution < -0.4 is 0 Å². The average molecular weight is 248 g/mol. The van der Waals surface area contributed by atoms with E-state index in [9.17, 15) is 8.42 Å². The first-order valence-electron chi connectivity index (χ1n) is 5.20. The van der Waals surface area contributed by atoms with Crippen LogP contribution in [0.2, 0.25) is 0 Å². The van der Waals surface area contributed by atoms with Crippen molar-refractivity contribution in [1.29, 1.82) is 5.26 Å². The van der Waals surface area contributed by atoms with Crippen LogP contribution >= 0.6 is 0 Å². The maximum absolute atomic E-state index is 12.2. The second-order valence-corrected chi connectivity index (χ2v) is 5.89. The van der Waals surface area contributed by atoms with Gasteiger partial charge in [0.1, 0.15) is 0 Å². The quantitative estimate of drug-likeness (QED) is 0.795. The second-order valence-electron chi connectivity index (χ2n) is 3.95. The van der Waals surface area contributed by atoms with Gasteiger partial charge in [0.15, 0.2) is 0 Å². The van der Waals surface area contributed by atoms with Gasteiger partial charge in [0.05, 0.1) is 11.0 Å². The van der Waals surface area contributed by atoms with Gasteiger partial charge in [-0.1, -0.05) is 23.8 Å². The Hall–Kier alpha value is -1.64. The highest BCUT2D eigenvalue weighted by molar-refractivity contribution is 7.89. The van der Waals surface area contributed by atoms with E-state index in [2.05, 4.69) is 0 Å². The van der Waals surface area contributed by atoms with Gasteiger partial charge < -0.3 is 0 Å². The molecule has 1 aromatic rings. The molecular weight excluding hydrogens is 236 g/mol. The number of aryl methyl sites for hydroxylation is 1. The number of hydrogen-bond acceptors (Lipinski definition) is 3. The lowest BCUT2D eigenvalue weighted by Gasteiger charge is -2.15. The molecule has 0 amide bonds. The Balaban J connectivity index is 2.27. The molecule has 0 N–H and O–H groups in total. The van der Waals surface area contributed by atoms with E-state index >= 15 is 0 Å². The van der Waals surface area contributed by atoms with Crippen molar-refractivity contribution in [3.05, 3.63) is 41.5 Å². The van der Waals surface area contributed by atoms with Gasteiger partial charge in [-0.25, -0.2) is 8.42 Å². The molecule has 0 aliphatic carbocycles. The molecule has 4 nitrogen and oxygen atoms in total. The summed E-state index contributed by atoms with van der Waals surface area (Å²) in [5, 5.41) is 8.72. The molecule has 17 heavy (non-hydrogen) atoms. The van der Waals surface area contributed by atoms with Crippen LogP contribution in [0, 0.1) is 18.3 Å². The molecule has 0 bridgehead atoms. The number of rotatable bonds is 2. The molecule has 0 saturated heterocycles. The molecule has 0 aromatic heterocycles. The van der Waals surface area contributed by atoms with Gasteiger partial charge >= 0.3 is 0 Å². The topological polar surface area (TPSA) is 61.2 Å². The number of benzene rings is 1. The van der Waals surface area contributed by atoms with Gasteiger partial charge in [0, 0.05) is 18.7 Å². The lowest BCUT2D eigenvalue weighted by Crippen LogP contribution is -2.29. The van der Waals surface area contributed by atoms with Crippen molar-refractivity contribution in [3.63, 3.8) is 0 Å². The zero-order chi connectivity index (χ0) is 12.5. The number of nitriles is 1. The van der Waals surface area contributed by atoms with E-state index in [0.29, 0.717) is 5.57 Å². The Morgan fingerprint density at radius 2 is 1.94 bits per heavy atom. The third-order valence-electron chi connectivity index (χ3n) is 2.69. The van der Waals surface area contributed by atoms with E-state index < -0.39 is 10.0 Å². The molecule has 0 saturated carbocycles. The Labute approximate surface area is 101 Å². The number of nitrogens with zero attached hydrogens (tertiary/aromatic N) is 2. The van der Waals surface area contributed by atoms with Gasteiger partial charge in [-0.15, -0.1) is 0 Å². The molecule has 0 atom stereocenters. The first kappa shape index (κ1) is 11.8. The van der Waals surface area contributed by atoms with E-state index in [1.165, 1.54) is 4.31 Å². The van der Waals surface area contributed by atoms with Crippen LogP contribution in [0.25, 0.3) is 0 Å². The van der Waals surface area contributed by atoms with E-state index in [4.69, 9.17) is 5.26 Å². The summed E-state index contributed by atoms with van der Waals surface area (Å²) in [5.41, 5.74) is 1.52. The van der Waals surface area contributed by atoms with Crippen LogP contribution in [0.4, 0.5) is 0 Å². The molecule has 0 radical (unpaired) electrons. The van der Waals surface area contributed by atoms with Crippen LogP contribution in [-0.4, -0.2) is 25.8 Å². The summed E-state index contributed by atoms with van der Waals surface area (Å²) in [6.45, 7) is 2.35. The van der Waals surface area contributed by atoms with Gasteiger partial charge in [-0.2, -0.15) is 9.57 Å². The van der Waals surface area contributed by atoms with Crippen LogP contribution in [0.5, 0.6) is 0 Å². The predicted octanol–water partition coefficient (Wildman–Crippen LogP) is 1.45. The highest BCUT2D eigenvalue weighted by atomic mass is 32.2. The third-order valence-corrected chi connectivity index (χ3v) is 4.52. The molecule has 1 heterocycles. The van der Waals surface area contributed by atoms with Crippen molar-refractivity contribution in [2.75, 3.05) is 13.1 Å². The molecule has 5 heteroatoms. The fourth-order valence-corrected chi connectivity index (χ4v) is 3.01. The van der Waals surface area contributed by atoms with Crippen molar-refractivity contribution < 1.29 is 8.42 Å². The SMILES string of the molecule is Cc1ccc(S(=O)(=O)N2CC=C(C#N)C2)cc1. The van der Waals surface area contributed by atoms with Crippen LogP contribution in [-0.2, 0) is 10.0 Å². The molecule has 0 fully saturated rings. The van der Waals surface area contributed by atoms with Crippen molar-refractivity contribution in [1.82, 2.24) is 4.31 Å². The van der Waals surface area contributed by atoms with Gasteiger partial charge in [0.2, 0.25) is 10.0 Å². The molecule has 2 rings (SSSR count). The molecular formula is C12H12N2O2S. The molecule has 1 aromatic carbocycles. The maximum Gasteiger partial charge on any atom is 0.243 e. The molecule has 1 aliphatic rings. The predicted molar refractivity (Wildman–Crippen MR) is 63.6 cm³/mol. The maximum atomic E-state index is 12.2. The van der Waals surface area contributed by atoms with E-state index in [-0.39, 0.29) is 18.0 Å². The fraction of sp³-hybridized carbons (Fsp3) is 0.250. The van der Waals surface area contributed by atoms with Crippen molar-refractivity contribution >= 4 is 10.0 Å². The van der Waals surface area contributed by atoms with E-state index in [1.807, 2.05) is 13.0 Å². The first-order chi connectivity index (χ1) is 8.04. The Kier molecular flexibility index (Phi) is 3.01. The zero-order valence-corrected chi connectivity index (χ0v) is 10.2. The van der Waals surface area contributed by atoms with Crippen molar-refractivity contribution in [3.8, 4) is 6.07 Å². The monoisotopic (exact) mass is 248 g/mol. The summed E-state index contributed by atoms with van der Waals surface area (Å²) in [7, 11) is -3.47. The minimum atomic E-state index is -3.47. The smallest absolute Gasteiger partial charge is 0.207 e. The van der Waals surface area contributed by atoms with Crippen molar-refractivity contribution in [2.45, 2.75) is 11.8 Å². The normalized spacial score (nSPS) is 16.6. The number of sulfonamides is 1. The van der Waals surface area contributed by atoms with Gasteiger partial charge in [-0.05, 0) is 19.1 Å². The van der Waals surface area contributed by atoms with Gasteiger partial charge in [-0.3, -0.25) is 0 Å². The largest absolute Gasteiger partial charge is 0.243 e. The molecule has 1 aliphatic heterocycles. The molecule has 88 valence electrons. The standard InChI is InChI=1S/C12H12N2O2S/c1-10-2-4-12(5-3-10)17(15,16)14-7-6-11(8-13)9-14/h2-6H,7,9H2,1H3. The van der Waals surface area contributed by atoms with Crippen LogP contribution in [0.3, 0.4) is 0 Å². The van der Waals surface area contributed by atoms with Crippen LogP contribution in [0.15, 0.2) is 40.8 Å². The highest BCUT2D eigenvalue weighted by Crippen LogP contribution is 2.20. The highest BCUT2D eigenvalue weighted by Gasteiger charge is 2.27. The Morgan fingerprint density at radius 1 is 1.29 bits per heavy atom. The van der Waals surface area contributed by atoms with E-state index in [0.717, 1.165) is 5.56 Å². The second kappa shape index (κ2) is 4.32. The summed E-state index contributed by atoms with van der Waals surface area (Å²) in [4.78, 5) is 0.274. The lowest BCUT2D eigenvalue weighted by atomic mass is 10.2. The summed E-state index contributed by atoms with van der Waals surface area (Å²) >= 11 is 0. The summed E-state index contributed by atoms with van der Waals surface area (Å²) in [6.07, 6.45) is 1.64. The van der Waals surface area contributed by atoms with Crippen molar-refractivity contribution in [2.24, 2.45) is 0 Å². The zero-order valence-electron chi connectivity index (χ0n) is 9.42. The average Bonchev–Trinajstić information content (AvgIpc) is 2.78. The summed E-state index contributed by atoms with van der Waals surface area (Å²) < 4.78 is 25.7.